The molecule has 1 N–H and O–H groups in total. The van der Waals surface area contributed by atoms with Gasteiger partial charge in [-0.3, -0.25) is 0 Å². The fourth-order valence-corrected chi connectivity index (χ4v) is 2.12. The maximum Gasteiger partial charge on any atom is 0.208 e. The van der Waals surface area contributed by atoms with Crippen LogP contribution in [0.15, 0.2) is 28.8 Å². The summed E-state index contributed by atoms with van der Waals surface area (Å²) in [5, 5.41) is 3.39. The van der Waals surface area contributed by atoms with Gasteiger partial charge in [0, 0.05) is 24.1 Å². The average molecular weight is 290 g/mol. The molecule has 1 heterocycles. The van der Waals surface area contributed by atoms with Crippen LogP contribution in [0.3, 0.4) is 0 Å². The molecular weight excluding hydrogens is 268 g/mol. The molecule has 0 aliphatic carbocycles. The molecule has 0 saturated carbocycles. The molecule has 2 aromatic rings. The van der Waals surface area contributed by atoms with Gasteiger partial charge in [-0.2, -0.15) is 0 Å². The number of hydrogen-bond acceptors (Lipinski definition) is 5. The highest BCUT2D eigenvalue weighted by Gasteiger charge is 2.13. The van der Waals surface area contributed by atoms with Gasteiger partial charge in [-0.25, -0.2) is 4.98 Å². The summed E-state index contributed by atoms with van der Waals surface area (Å²) in [6.45, 7) is 4.70. The van der Waals surface area contributed by atoms with E-state index in [4.69, 9.17) is 13.9 Å². The molecule has 0 amide bonds. The van der Waals surface area contributed by atoms with Gasteiger partial charge in [0.1, 0.15) is 17.3 Å². The Kier molecular flexibility index (Phi) is 5.22. The molecule has 5 nitrogen and oxygen atoms in total. The van der Waals surface area contributed by atoms with Crippen LogP contribution in [0.5, 0.6) is 11.5 Å². The maximum atomic E-state index is 5.59. The van der Waals surface area contributed by atoms with Crippen LogP contribution >= 0.6 is 0 Å². The number of aromatic nitrogens is 1. The number of nitrogens with zero attached hydrogens (tertiary/aromatic N) is 1. The minimum absolute atomic E-state index is 0.114. The fraction of sp³-hybridized carbons (Fsp3) is 0.438. The van der Waals surface area contributed by atoms with E-state index in [1.165, 1.54) is 0 Å². The van der Waals surface area contributed by atoms with Crippen molar-refractivity contribution in [1.29, 1.82) is 0 Å². The summed E-state index contributed by atoms with van der Waals surface area (Å²) in [4.78, 5) is 4.24. The first-order chi connectivity index (χ1) is 10.2. The second kappa shape index (κ2) is 7.13. The number of rotatable bonds is 7. The van der Waals surface area contributed by atoms with Crippen LogP contribution in [0.1, 0.15) is 37.1 Å². The number of hydrogen-bond donors (Lipinski definition) is 1. The fourth-order valence-electron chi connectivity index (χ4n) is 2.12. The lowest BCUT2D eigenvalue weighted by Gasteiger charge is -2.17. The van der Waals surface area contributed by atoms with Gasteiger partial charge in [-0.1, -0.05) is 13.0 Å². The van der Waals surface area contributed by atoms with Gasteiger partial charge in [0.2, 0.25) is 5.89 Å². The van der Waals surface area contributed by atoms with Gasteiger partial charge in [-0.05, 0) is 13.0 Å². The minimum atomic E-state index is 0.114. The quantitative estimate of drug-likeness (QED) is 0.849. The van der Waals surface area contributed by atoms with Crippen LogP contribution in [0, 0.1) is 0 Å². The van der Waals surface area contributed by atoms with E-state index in [0.29, 0.717) is 12.4 Å². The van der Waals surface area contributed by atoms with Gasteiger partial charge in [0.05, 0.1) is 27.0 Å². The molecule has 1 aromatic heterocycles. The number of aryl methyl sites for hydroxylation is 1. The molecule has 0 aliphatic heterocycles. The van der Waals surface area contributed by atoms with Crippen LogP contribution in [-0.2, 0) is 13.0 Å². The van der Waals surface area contributed by atoms with Crippen molar-refractivity contribution in [1.82, 2.24) is 10.3 Å². The zero-order valence-corrected chi connectivity index (χ0v) is 13.0. The molecule has 0 aliphatic rings. The van der Waals surface area contributed by atoms with E-state index in [0.717, 1.165) is 29.2 Å². The summed E-state index contributed by atoms with van der Waals surface area (Å²) < 4.78 is 16.2. The molecule has 0 radical (unpaired) electrons. The summed E-state index contributed by atoms with van der Waals surface area (Å²) in [7, 11) is 3.30. The maximum absolute atomic E-state index is 5.59. The minimum Gasteiger partial charge on any atom is -0.497 e. The Bertz CT molecular complexity index is 581. The number of oxazole rings is 1. The topological polar surface area (TPSA) is 56.5 Å². The molecule has 0 bridgehead atoms. The highest BCUT2D eigenvalue weighted by molar-refractivity contribution is 5.42. The first-order valence-corrected chi connectivity index (χ1v) is 7.06. The van der Waals surface area contributed by atoms with Crippen molar-refractivity contribution in [3.05, 3.63) is 41.6 Å². The van der Waals surface area contributed by atoms with Crippen LogP contribution in [-0.4, -0.2) is 19.2 Å². The van der Waals surface area contributed by atoms with E-state index < -0.39 is 0 Å². The van der Waals surface area contributed by atoms with Crippen LogP contribution in [0.4, 0.5) is 0 Å². The normalized spacial score (nSPS) is 12.2. The zero-order valence-electron chi connectivity index (χ0n) is 13.0. The Morgan fingerprint density at radius 2 is 2.10 bits per heavy atom. The highest BCUT2D eigenvalue weighted by Crippen LogP contribution is 2.29. The van der Waals surface area contributed by atoms with E-state index in [1.807, 2.05) is 25.1 Å². The third-order valence-corrected chi connectivity index (χ3v) is 3.42. The third kappa shape index (κ3) is 3.76. The lowest BCUT2D eigenvalue weighted by atomic mass is 10.1. The lowest BCUT2D eigenvalue weighted by molar-refractivity contribution is 0.381. The van der Waals surface area contributed by atoms with E-state index in [-0.39, 0.29) is 6.04 Å². The molecule has 0 fully saturated rings. The van der Waals surface area contributed by atoms with Gasteiger partial charge in [0.15, 0.2) is 0 Å². The van der Waals surface area contributed by atoms with Crippen molar-refractivity contribution in [2.24, 2.45) is 0 Å². The van der Waals surface area contributed by atoms with Crippen molar-refractivity contribution in [3.8, 4) is 11.5 Å². The van der Waals surface area contributed by atoms with E-state index >= 15 is 0 Å². The second-order valence-corrected chi connectivity index (χ2v) is 4.78. The number of benzene rings is 1. The van der Waals surface area contributed by atoms with Crippen LogP contribution < -0.4 is 14.8 Å². The Hall–Kier alpha value is -2.01. The summed E-state index contributed by atoms with van der Waals surface area (Å²) in [5.74, 6) is 3.19. The Balaban J connectivity index is 2.04. The van der Waals surface area contributed by atoms with Crippen molar-refractivity contribution < 1.29 is 13.9 Å². The molecule has 1 atom stereocenters. The van der Waals surface area contributed by atoms with Gasteiger partial charge >= 0.3 is 0 Å². The van der Waals surface area contributed by atoms with Gasteiger partial charge in [0.25, 0.3) is 0 Å². The highest BCUT2D eigenvalue weighted by atomic mass is 16.5. The standard InChI is InChI=1S/C16H22N2O3/c1-5-12-9-18-16(21-12)10-17-11(2)14-7-6-13(19-3)8-15(14)20-4/h6-9,11,17H,5,10H2,1-4H3. The molecule has 114 valence electrons. The van der Waals surface area contributed by atoms with Crippen molar-refractivity contribution in [2.75, 3.05) is 14.2 Å². The van der Waals surface area contributed by atoms with E-state index in [2.05, 4.69) is 17.2 Å². The molecule has 21 heavy (non-hydrogen) atoms. The molecule has 5 heteroatoms. The van der Waals surface area contributed by atoms with Crippen LogP contribution in [0.25, 0.3) is 0 Å². The molecular formula is C16H22N2O3. The van der Waals surface area contributed by atoms with Gasteiger partial charge in [-0.15, -0.1) is 0 Å². The number of methoxy groups -OCH3 is 2. The summed E-state index contributed by atoms with van der Waals surface area (Å²) >= 11 is 0. The number of ether oxygens (including phenoxy) is 2. The van der Waals surface area contributed by atoms with E-state index in [1.54, 1.807) is 20.4 Å². The number of nitrogens with one attached hydrogen (secondary N) is 1. The predicted octanol–water partition coefficient (Wildman–Crippen LogP) is 3.11. The SMILES string of the molecule is CCc1cnc(CNC(C)c2ccc(OC)cc2OC)o1. The third-order valence-electron chi connectivity index (χ3n) is 3.42. The zero-order chi connectivity index (χ0) is 15.2. The molecule has 1 aromatic carbocycles. The molecule has 0 spiro atoms. The first-order valence-electron chi connectivity index (χ1n) is 7.06. The predicted molar refractivity (Wildman–Crippen MR) is 80.7 cm³/mol. The van der Waals surface area contributed by atoms with Gasteiger partial charge < -0.3 is 19.2 Å². The summed E-state index contributed by atoms with van der Waals surface area (Å²) in [6.07, 6.45) is 2.63. The summed E-state index contributed by atoms with van der Waals surface area (Å²) in [6, 6.07) is 5.93. The second-order valence-electron chi connectivity index (χ2n) is 4.78. The lowest BCUT2D eigenvalue weighted by Crippen LogP contribution is -2.18. The Morgan fingerprint density at radius 1 is 1.29 bits per heavy atom. The first kappa shape index (κ1) is 15.4. The van der Waals surface area contributed by atoms with Crippen LogP contribution in [0.2, 0.25) is 0 Å². The largest absolute Gasteiger partial charge is 0.497 e. The summed E-state index contributed by atoms with van der Waals surface area (Å²) in [5.41, 5.74) is 1.07. The monoisotopic (exact) mass is 290 g/mol. The molecule has 0 saturated heterocycles. The van der Waals surface area contributed by atoms with Crippen molar-refractivity contribution in [3.63, 3.8) is 0 Å². The smallest absolute Gasteiger partial charge is 0.208 e. The van der Waals surface area contributed by atoms with Crippen molar-refractivity contribution >= 4 is 0 Å². The molecule has 2 rings (SSSR count). The Labute approximate surface area is 125 Å². The van der Waals surface area contributed by atoms with Crippen molar-refractivity contribution in [2.45, 2.75) is 32.9 Å². The average Bonchev–Trinajstić information content (AvgIpc) is 3.00. The van der Waals surface area contributed by atoms with E-state index in [9.17, 15) is 0 Å². The molecule has 1 unspecified atom stereocenters. The Morgan fingerprint density at radius 3 is 2.71 bits per heavy atom.